The summed E-state index contributed by atoms with van der Waals surface area (Å²) in [7, 11) is 16.5. The quantitative estimate of drug-likeness (QED) is 0.303. The van der Waals surface area contributed by atoms with E-state index in [1.807, 2.05) is 0 Å². The fourth-order valence-corrected chi connectivity index (χ4v) is 11.0. The Bertz CT molecular complexity index is 321. The Morgan fingerprint density at radius 2 is 0.533 bits per heavy atom. The molecule has 4 aliphatic rings. The van der Waals surface area contributed by atoms with Gasteiger partial charge in [-0.15, -0.1) is 0 Å². The van der Waals surface area contributed by atoms with Gasteiger partial charge >= 0.3 is 41.8 Å². The van der Waals surface area contributed by atoms with Crippen LogP contribution in [0.3, 0.4) is 0 Å². The topological polar surface area (TPSA) is 0 Å². The summed E-state index contributed by atoms with van der Waals surface area (Å²) in [5, 5.41) is 0. The van der Waals surface area contributed by atoms with Gasteiger partial charge in [-0.1, -0.05) is 25.7 Å². The molecule has 0 aromatic rings. The van der Waals surface area contributed by atoms with Crippen LogP contribution >= 0.6 is 46.7 Å². The van der Waals surface area contributed by atoms with Crippen molar-refractivity contribution in [3.63, 3.8) is 0 Å². The Kier molecular flexibility index (Phi) is 17.7. The van der Waals surface area contributed by atoms with Crippen LogP contribution in [0.4, 0.5) is 0 Å². The van der Waals surface area contributed by atoms with E-state index < -0.39 is 12.3 Å². The first-order valence-electron chi connectivity index (χ1n) is 13.1. The number of hydrogen-bond donors (Lipinski definition) is 0. The van der Waals surface area contributed by atoms with Gasteiger partial charge in [-0.2, -0.15) is 0 Å². The number of hydrogen-bond acceptors (Lipinski definition) is 0. The fourth-order valence-electron chi connectivity index (χ4n) is 6.08. The third-order valence-corrected chi connectivity index (χ3v) is 12.5. The molecule has 4 rings (SSSR count). The van der Waals surface area contributed by atoms with Crippen molar-refractivity contribution in [2.45, 2.75) is 151 Å². The molecule has 30 heavy (non-hydrogen) atoms. The van der Waals surface area contributed by atoms with Crippen molar-refractivity contribution < 1.29 is 12.3 Å². The summed E-state index contributed by atoms with van der Waals surface area (Å²) in [6.07, 6.45) is 31.2. The van der Waals surface area contributed by atoms with Crippen molar-refractivity contribution in [2.75, 3.05) is 0 Å². The van der Waals surface area contributed by atoms with Crippen LogP contribution in [0.1, 0.15) is 128 Å². The van der Waals surface area contributed by atoms with Crippen molar-refractivity contribution in [3.8, 4) is 0 Å². The summed E-state index contributed by atoms with van der Waals surface area (Å²) in [6, 6.07) is 0. The molecule has 6 heteroatoms. The molecule has 178 valence electrons. The standard InChI is InChI=1S/2C12H23P.3ClH.V/c2*1-3-7-11(8-4-1)13-12-9-5-2-6-10-12;;;;/h2*11-13H,1-10H2;3*1H;/q;;;;;+3/p-1. The van der Waals surface area contributed by atoms with E-state index in [1.165, 1.54) is 48.3 Å². The van der Waals surface area contributed by atoms with E-state index in [-0.39, 0.29) is 0 Å². The van der Waals surface area contributed by atoms with E-state index >= 15 is 0 Å². The SMILES string of the molecule is C1CCC([PH2+]C2CCCCC2)CC1.C1CCC([PH2+]C2CCCCC2)CC1.[Cl][V]([Cl])[Cl]. The predicted octanol–water partition coefficient (Wildman–Crippen LogP) is 10.2. The van der Waals surface area contributed by atoms with Gasteiger partial charge in [0.05, 0.1) is 22.6 Å². The van der Waals surface area contributed by atoms with Crippen molar-refractivity contribution in [2.24, 2.45) is 0 Å². The molecule has 0 atom stereocenters. The van der Waals surface area contributed by atoms with E-state index in [4.69, 9.17) is 29.5 Å². The molecule has 4 saturated carbocycles. The van der Waals surface area contributed by atoms with Crippen LogP contribution in [-0.2, 0) is 12.3 Å². The molecule has 4 aliphatic carbocycles. The molecule has 0 aromatic carbocycles. The molecule has 0 aliphatic heterocycles. The molecule has 0 spiro atoms. The summed E-state index contributed by atoms with van der Waals surface area (Å²) >= 11 is -1.77. The third kappa shape index (κ3) is 14.5. The Balaban J connectivity index is 0.000000182. The zero-order chi connectivity index (χ0) is 21.4. The second-order valence-corrected chi connectivity index (χ2v) is 21.6. The van der Waals surface area contributed by atoms with Gasteiger partial charge < -0.3 is 0 Å². The monoisotopic (exact) mass is 554 g/mol. The molecule has 0 amide bonds. The predicted molar refractivity (Wildman–Crippen MR) is 144 cm³/mol. The molecular weight excluding hydrogens is 508 g/mol. The number of halogens is 3. The van der Waals surface area contributed by atoms with Crippen LogP contribution in [-0.4, -0.2) is 22.6 Å². The molecule has 0 saturated heterocycles. The minimum atomic E-state index is -1.77. The first-order chi connectivity index (χ1) is 14.6. The van der Waals surface area contributed by atoms with Crippen molar-refractivity contribution in [1.29, 1.82) is 0 Å². The van der Waals surface area contributed by atoms with E-state index in [2.05, 4.69) is 0 Å². The van der Waals surface area contributed by atoms with Crippen LogP contribution in [0.15, 0.2) is 0 Å². The normalized spacial score (nSPS) is 25.2. The van der Waals surface area contributed by atoms with Gasteiger partial charge in [-0.3, -0.25) is 0 Å². The fraction of sp³-hybridized carbons (Fsp3) is 1.00. The zero-order valence-corrected chi connectivity index (χ0v) is 25.2. The maximum atomic E-state index is 4.95. The summed E-state index contributed by atoms with van der Waals surface area (Å²) in [5.74, 6) is 0. The van der Waals surface area contributed by atoms with Gasteiger partial charge in [0.25, 0.3) is 0 Å². The van der Waals surface area contributed by atoms with Gasteiger partial charge in [-0.05, 0) is 120 Å². The summed E-state index contributed by atoms with van der Waals surface area (Å²) in [6.45, 7) is 0. The van der Waals surface area contributed by atoms with E-state index in [1.54, 1.807) is 103 Å². The van der Waals surface area contributed by atoms with Crippen LogP contribution in [0.2, 0.25) is 0 Å². The van der Waals surface area contributed by atoms with Gasteiger partial charge in [0.15, 0.2) is 0 Å². The molecule has 0 unspecified atom stereocenters. The van der Waals surface area contributed by atoms with E-state index in [0.717, 1.165) is 17.2 Å². The van der Waals surface area contributed by atoms with E-state index in [0.29, 0.717) is 0 Å². The molecule has 0 N–H and O–H groups in total. The van der Waals surface area contributed by atoms with Crippen molar-refractivity contribution in [3.05, 3.63) is 0 Å². The molecule has 0 radical (unpaired) electrons. The average molecular weight is 556 g/mol. The summed E-state index contributed by atoms with van der Waals surface area (Å²) in [4.78, 5) is 0. The van der Waals surface area contributed by atoms with Crippen LogP contribution in [0.5, 0.6) is 0 Å². The second kappa shape index (κ2) is 18.6. The van der Waals surface area contributed by atoms with Gasteiger partial charge in [-0.25, -0.2) is 0 Å². The van der Waals surface area contributed by atoms with Crippen molar-refractivity contribution >= 4 is 46.7 Å². The Morgan fingerprint density at radius 1 is 0.367 bits per heavy atom. The summed E-state index contributed by atoms with van der Waals surface area (Å²) in [5.41, 5.74) is 4.82. The summed E-state index contributed by atoms with van der Waals surface area (Å²) < 4.78 is 0. The Morgan fingerprint density at radius 3 is 0.700 bits per heavy atom. The first kappa shape index (κ1) is 28.6. The number of rotatable bonds is 4. The van der Waals surface area contributed by atoms with Gasteiger partial charge in [0.1, 0.15) is 0 Å². The molecular formula is C24H48Cl3P2V+2. The molecule has 0 heterocycles. The molecule has 0 bridgehead atoms. The Hall–Kier alpha value is 2.31. The third-order valence-electron chi connectivity index (χ3n) is 7.69. The molecule has 4 fully saturated rings. The first-order valence-corrected chi connectivity index (χ1v) is 21.5. The minimum absolute atomic E-state index is 0.825. The second-order valence-electron chi connectivity index (χ2n) is 10.2. The van der Waals surface area contributed by atoms with Crippen LogP contribution in [0, 0.1) is 0 Å². The van der Waals surface area contributed by atoms with Crippen LogP contribution in [0.25, 0.3) is 0 Å². The molecule has 0 aromatic heterocycles. The molecule has 0 nitrogen and oxygen atoms in total. The van der Waals surface area contributed by atoms with Crippen molar-refractivity contribution in [1.82, 2.24) is 0 Å². The van der Waals surface area contributed by atoms with Crippen LogP contribution < -0.4 is 0 Å². The van der Waals surface area contributed by atoms with Gasteiger partial charge in [0, 0.05) is 0 Å². The zero-order valence-electron chi connectivity index (χ0n) is 19.2. The van der Waals surface area contributed by atoms with E-state index in [9.17, 15) is 0 Å². The Labute approximate surface area is 208 Å². The average Bonchev–Trinajstić information content (AvgIpc) is 2.77. The van der Waals surface area contributed by atoms with Gasteiger partial charge in [0.2, 0.25) is 0 Å². The maximum absolute atomic E-state index is 4.95.